The second-order valence-corrected chi connectivity index (χ2v) is 9.56. The van der Waals surface area contributed by atoms with Crippen molar-refractivity contribution in [2.45, 2.75) is 37.9 Å². The standard InChI is InChI=1S/C27H24FN7O2/c1-32-25(36)23-24(35-22-5-2-4-21(22)30-27(32)35)31-34(26(23)37-20-12-8-18(28)9-13-20)16-17-6-10-19(11-7-17)33-15-3-14-29-33/h3,6-15,21-22H,2,4-5,16H2,1H3/t21-,22+/m1/s1. The van der Waals surface area contributed by atoms with Crippen LogP contribution < -0.4 is 9.64 Å². The number of halogens is 1. The number of amides is 1. The molecule has 0 bridgehead atoms. The maximum atomic E-state index is 13.6. The SMILES string of the molecule is CN1C(=O)c2c(nn(Cc3ccc(-n4cccn4)cc3)c2Oc2ccc(F)cc2)N2C1=N[C@@H]1CCC[C@@H]12. The van der Waals surface area contributed by atoms with Gasteiger partial charge in [0.05, 0.1) is 24.3 Å². The number of aromatic nitrogens is 4. The molecule has 2 aliphatic heterocycles. The highest BCUT2D eigenvalue weighted by Crippen LogP contribution is 2.44. The fraction of sp³-hybridized carbons (Fsp3) is 0.259. The summed E-state index contributed by atoms with van der Waals surface area (Å²) >= 11 is 0. The van der Waals surface area contributed by atoms with E-state index in [1.54, 1.807) is 39.6 Å². The van der Waals surface area contributed by atoms with Gasteiger partial charge in [-0.15, -0.1) is 0 Å². The number of fused-ring (bicyclic) bond motifs is 5. The average Bonchev–Trinajstić information content (AvgIpc) is 3.69. The zero-order valence-electron chi connectivity index (χ0n) is 20.2. The molecule has 1 saturated carbocycles. The Morgan fingerprint density at radius 2 is 1.89 bits per heavy atom. The number of carbonyl (C=O) groups is 1. The highest BCUT2D eigenvalue weighted by Gasteiger charge is 2.49. The van der Waals surface area contributed by atoms with Crippen LogP contribution in [0.4, 0.5) is 10.2 Å². The molecule has 186 valence electrons. The van der Waals surface area contributed by atoms with E-state index in [0.717, 1.165) is 30.5 Å². The molecular formula is C27H24FN7O2. The van der Waals surface area contributed by atoms with Crippen molar-refractivity contribution >= 4 is 17.7 Å². The van der Waals surface area contributed by atoms with Gasteiger partial charge in [-0.1, -0.05) is 12.1 Å². The molecular weight excluding hydrogens is 473 g/mol. The summed E-state index contributed by atoms with van der Waals surface area (Å²) in [5.74, 6) is 1.39. The van der Waals surface area contributed by atoms with E-state index >= 15 is 0 Å². The van der Waals surface area contributed by atoms with E-state index in [4.69, 9.17) is 14.8 Å². The molecule has 0 radical (unpaired) electrons. The minimum absolute atomic E-state index is 0.164. The molecule has 0 saturated heterocycles. The molecule has 2 aromatic heterocycles. The van der Waals surface area contributed by atoms with Crippen molar-refractivity contribution in [1.29, 1.82) is 0 Å². The van der Waals surface area contributed by atoms with Gasteiger partial charge in [-0.2, -0.15) is 10.2 Å². The Morgan fingerprint density at radius 3 is 2.65 bits per heavy atom. The quantitative estimate of drug-likeness (QED) is 0.412. The van der Waals surface area contributed by atoms with Gasteiger partial charge >= 0.3 is 0 Å². The first kappa shape index (κ1) is 21.8. The van der Waals surface area contributed by atoms with Crippen molar-refractivity contribution in [2.24, 2.45) is 4.99 Å². The molecule has 10 heteroatoms. The molecule has 0 unspecified atom stereocenters. The summed E-state index contributed by atoms with van der Waals surface area (Å²) in [6.07, 6.45) is 6.72. The Hall–Kier alpha value is -4.47. The summed E-state index contributed by atoms with van der Waals surface area (Å²) in [6, 6.07) is 16.0. The van der Waals surface area contributed by atoms with Crippen molar-refractivity contribution in [3.05, 3.63) is 83.9 Å². The second kappa shape index (κ2) is 8.29. The molecule has 4 heterocycles. The fourth-order valence-electron chi connectivity index (χ4n) is 5.45. The van der Waals surface area contributed by atoms with Gasteiger partial charge in [0.1, 0.15) is 17.1 Å². The van der Waals surface area contributed by atoms with E-state index in [0.29, 0.717) is 35.5 Å². The van der Waals surface area contributed by atoms with Crippen LogP contribution in [0, 0.1) is 5.82 Å². The smallest absolute Gasteiger partial charge is 0.269 e. The Kier molecular flexibility index (Phi) is 4.88. The van der Waals surface area contributed by atoms with Crippen molar-refractivity contribution in [1.82, 2.24) is 24.5 Å². The Balaban J connectivity index is 1.31. The molecule has 1 amide bonds. The van der Waals surface area contributed by atoms with Crippen LogP contribution in [0.3, 0.4) is 0 Å². The largest absolute Gasteiger partial charge is 0.438 e. The van der Waals surface area contributed by atoms with Crippen LogP contribution in [0.15, 0.2) is 72.0 Å². The highest BCUT2D eigenvalue weighted by atomic mass is 19.1. The maximum Gasteiger partial charge on any atom is 0.269 e. The van der Waals surface area contributed by atoms with Crippen LogP contribution in [-0.2, 0) is 6.54 Å². The summed E-state index contributed by atoms with van der Waals surface area (Å²) < 4.78 is 23.3. The summed E-state index contributed by atoms with van der Waals surface area (Å²) in [4.78, 5) is 22.1. The van der Waals surface area contributed by atoms with Crippen molar-refractivity contribution in [2.75, 3.05) is 11.9 Å². The number of hydrogen-bond donors (Lipinski definition) is 0. The van der Waals surface area contributed by atoms with Gasteiger partial charge in [-0.25, -0.2) is 18.7 Å². The van der Waals surface area contributed by atoms with Crippen molar-refractivity contribution in [3.8, 4) is 17.3 Å². The van der Waals surface area contributed by atoms with E-state index in [1.807, 2.05) is 36.5 Å². The van der Waals surface area contributed by atoms with Crippen LogP contribution in [-0.4, -0.2) is 55.5 Å². The van der Waals surface area contributed by atoms with Gasteiger partial charge < -0.3 is 4.74 Å². The minimum Gasteiger partial charge on any atom is -0.438 e. The Bertz CT molecular complexity index is 1510. The summed E-state index contributed by atoms with van der Waals surface area (Å²) in [5, 5.41) is 9.19. The number of aliphatic imine (C=N–C) groups is 1. The topological polar surface area (TPSA) is 80.8 Å². The average molecular weight is 498 g/mol. The van der Waals surface area contributed by atoms with Crippen LogP contribution in [0.2, 0.25) is 0 Å². The van der Waals surface area contributed by atoms with Crippen molar-refractivity contribution in [3.63, 3.8) is 0 Å². The third-order valence-corrected chi connectivity index (χ3v) is 7.27. The van der Waals surface area contributed by atoms with Crippen LogP contribution >= 0.6 is 0 Å². The minimum atomic E-state index is -0.360. The second-order valence-electron chi connectivity index (χ2n) is 9.56. The molecule has 3 aliphatic rings. The number of hydrogen-bond acceptors (Lipinski definition) is 6. The predicted molar refractivity (Wildman–Crippen MR) is 135 cm³/mol. The predicted octanol–water partition coefficient (Wildman–Crippen LogP) is 4.23. The molecule has 4 aromatic rings. The molecule has 1 aliphatic carbocycles. The first-order chi connectivity index (χ1) is 18.1. The van der Waals surface area contributed by atoms with Gasteiger partial charge in [-0.05, 0) is 67.3 Å². The number of benzene rings is 2. The van der Waals surface area contributed by atoms with E-state index in [1.165, 1.54) is 12.1 Å². The van der Waals surface area contributed by atoms with E-state index < -0.39 is 0 Å². The normalized spacial score (nSPS) is 20.1. The number of rotatable bonds is 5. The maximum absolute atomic E-state index is 13.6. The third-order valence-electron chi connectivity index (χ3n) is 7.27. The van der Waals surface area contributed by atoms with E-state index in [-0.39, 0.29) is 23.8 Å². The molecule has 1 fully saturated rings. The lowest BCUT2D eigenvalue weighted by Gasteiger charge is -2.33. The molecule has 37 heavy (non-hydrogen) atoms. The molecule has 0 spiro atoms. The lowest BCUT2D eigenvalue weighted by Crippen LogP contribution is -2.51. The zero-order valence-corrected chi connectivity index (χ0v) is 20.2. The van der Waals surface area contributed by atoms with E-state index in [2.05, 4.69) is 10.00 Å². The third kappa shape index (κ3) is 3.51. The Labute approximate surface area is 212 Å². The summed E-state index contributed by atoms with van der Waals surface area (Å²) in [7, 11) is 1.74. The number of anilines is 1. The highest BCUT2D eigenvalue weighted by molar-refractivity contribution is 6.20. The number of ether oxygens (including phenoxy) is 1. The lowest BCUT2D eigenvalue weighted by molar-refractivity contribution is 0.0862. The number of nitrogens with zero attached hydrogens (tertiary/aromatic N) is 7. The van der Waals surface area contributed by atoms with Crippen LogP contribution in [0.25, 0.3) is 5.69 Å². The monoisotopic (exact) mass is 497 g/mol. The number of carbonyl (C=O) groups excluding carboxylic acids is 1. The van der Waals surface area contributed by atoms with Gasteiger partial charge in [0.2, 0.25) is 11.8 Å². The van der Waals surface area contributed by atoms with Gasteiger partial charge in [0.15, 0.2) is 5.82 Å². The zero-order chi connectivity index (χ0) is 25.1. The first-order valence-corrected chi connectivity index (χ1v) is 12.3. The van der Waals surface area contributed by atoms with Crippen LogP contribution in [0.5, 0.6) is 11.6 Å². The molecule has 2 atom stereocenters. The lowest BCUT2D eigenvalue weighted by atomic mass is 10.1. The number of guanidine groups is 1. The summed E-state index contributed by atoms with van der Waals surface area (Å²) in [5.41, 5.74) is 2.32. The molecule has 2 aromatic carbocycles. The first-order valence-electron chi connectivity index (χ1n) is 12.3. The molecule has 9 nitrogen and oxygen atoms in total. The summed E-state index contributed by atoms with van der Waals surface area (Å²) in [6.45, 7) is 0.383. The fourth-order valence-corrected chi connectivity index (χ4v) is 5.45. The van der Waals surface area contributed by atoms with Gasteiger partial charge in [0.25, 0.3) is 5.91 Å². The van der Waals surface area contributed by atoms with Gasteiger partial charge in [0, 0.05) is 19.4 Å². The van der Waals surface area contributed by atoms with E-state index in [9.17, 15) is 9.18 Å². The Morgan fingerprint density at radius 1 is 1.08 bits per heavy atom. The van der Waals surface area contributed by atoms with Crippen LogP contribution in [0.1, 0.15) is 35.2 Å². The molecule has 7 rings (SSSR count). The van der Waals surface area contributed by atoms with Gasteiger partial charge in [-0.3, -0.25) is 14.6 Å². The molecule has 0 N–H and O–H groups in total. The van der Waals surface area contributed by atoms with Crippen molar-refractivity contribution < 1.29 is 13.9 Å².